The van der Waals surface area contributed by atoms with Crippen LogP contribution in [-0.2, 0) is 4.74 Å². The van der Waals surface area contributed by atoms with E-state index < -0.39 is 0 Å². The van der Waals surface area contributed by atoms with Crippen LogP contribution in [0.2, 0.25) is 0 Å². The maximum atomic E-state index is 12.6. The van der Waals surface area contributed by atoms with Crippen LogP contribution in [0.3, 0.4) is 0 Å². The minimum atomic E-state index is -0.124. The minimum absolute atomic E-state index is 0.0678. The average Bonchev–Trinajstić information content (AvgIpc) is 3.07. The molecule has 0 aliphatic carbocycles. The zero-order chi connectivity index (χ0) is 18.5. The molecule has 1 aliphatic rings. The maximum absolute atomic E-state index is 12.6. The number of aromatic amines is 1. The van der Waals surface area contributed by atoms with Crippen LogP contribution >= 0.6 is 0 Å². The molecule has 1 fully saturated rings. The van der Waals surface area contributed by atoms with E-state index in [1.54, 1.807) is 4.90 Å². The fourth-order valence-electron chi connectivity index (χ4n) is 3.15. The van der Waals surface area contributed by atoms with Gasteiger partial charge in [0.25, 0.3) is 0 Å². The molecule has 7 heteroatoms. The third kappa shape index (κ3) is 4.53. The summed E-state index contributed by atoms with van der Waals surface area (Å²) in [5, 5.41) is 3.10. The second kappa shape index (κ2) is 8.51. The molecule has 7 nitrogen and oxygen atoms in total. The molecule has 1 aliphatic heterocycles. The van der Waals surface area contributed by atoms with Gasteiger partial charge in [-0.05, 0) is 31.0 Å². The molecule has 0 spiro atoms. The molecule has 1 unspecified atom stereocenters. The number of imidazole rings is 1. The number of likely N-dealkylation sites (N-methyl/N-ethyl adjacent to an activating group) is 1. The van der Waals surface area contributed by atoms with Gasteiger partial charge in [-0.25, -0.2) is 9.78 Å². The molecule has 1 aromatic heterocycles. The number of carbonyl (C=O) groups excluding carboxylic acids is 1. The first-order valence-corrected chi connectivity index (χ1v) is 9.35. The molecule has 1 saturated heterocycles. The van der Waals surface area contributed by atoms with Gasteiger partial charge in [-0.1, -0.05) is 13.0 Å². The number of carbonyl (C=O) groups is 1. The Morgan fingerprint density at radius 3 is 2.92 bits per heavy atom. The first-order chi connectivity index (χ1) is 12.6. The smallest absolute Gasteiger partial charge is 0.317 e. The summed E-state index contributed by atoms with van der Waals surface area (Å²) in [5.41, 5.74) is 3.12. The van der Waals surface area contributed by atoms with E-state index >= 15 is 0 Å². The number of hydrogen-bond donors (Lipinski definition) is 2. The van der Waals surface area contributed by atoms with Crippen molar-refractivity contribution < 1.29 is 9.53 Å². The summed E-state index contributed by atoms with van der Waals surface area (Å²) < 4.78 is 5.36. The highest BCUT2D eigenvalue weighted by Gasteiger charge is 2.19. The van der Waals surface area contributed by atoms with Gasteiger partial charge in [0.05, 0.1) is 30.3 Å². The Labute approximate surface area is 154 Å². The fraction of sp³-hybridized carbons (Fsp3) is 0.579. The lowest BCUT2D eigenvalue weighted by Gasteiger charge is -2.29. The lowest BCUT2D eigenvalue weighted by atomic mass is 10.2. The molecule has 3 rings (SSSR count). The number of benzene rings is 1. The summed E-state index contributed by atoms with van der Waals surface area (Å²) in [7, 11) is 1.84. The molecule has 26 heavy (non-hydrogen) atoms. The van der Waals surface area contributed by atoms with Crippen molar-refractivity contribution >= 4 is 17.1 Å². The second-order valence-electron chi connectivity index (χ2n) is 6.93. The van der Waals surface area contributed by atoms with E-state index in [1.807, 2.05) is 19.2 Å². The van der Waals surface area contributed by atoms with E-state index in [0.717, 1.165) is 56.1 Å². The van der Waals surface area contributed by atoms with Crippen molar-refractivity contribution in [1.29, 1.82) is 0 Å². The minimum Gasteiger partial charge on any atom is -0.379 e. The van der Waals surface area contributed by atoms with Crippen molar-refractivity contribution in [3.05, 3.63) is 29.6 Å². The molecule has 0 bridgehead atoms. The molecular weight excluding hydrogens is 330 g/mol. The monoisotopic (exact) mass is 359 g/mol. The Morgan fingerprint density at radius 2 is 2.19 bits per heavy atom. The molecule has 2 amide bonds. The van der Waals surface area contributed by atoms with E-state index in [4.69, 9.17) is 4.74 Å². The normalized spacial score (nSPS) is 16.6. The van der Waals surface area contributed by atoms with Gasteiger partial charge < -0.3 is 19.9 Å². The lowest BCUT2D eigenvalue weighted by Crippen LogP contribution is -2.45. The second-order valence-corrected chi connectivity index (χ2v) is 6.93. The number of urea groups is 1. The summed E-state index contributed by atoms with van der Waals surface area (Å²) >= 11 is 0. The zero-order valence-electron chi connectivity index (χ0n) is 15.9. The number of rotatable bonds is 6. The maximum Gasteiger partial charge on any atom is 0.317 e. The number of hydrogen-bond acceptors (Lipinski definition) is 4. The standard InChI is InChI=1S/C19H29N5O2/c1-4-15(18-20-16-6-5-14(2)13-17(16)21-18)22-19(25)23(3)7-8-24-9-11-26-12-10-24/h5-6,13,15H,4,7-12H2,1-3H3,(H,20,21)(H,22,25). The third-order valence-electron chi connectivity index (χ3n) is 4.89. The van der Waals surface area contributed by atoms with Crippen LogP contribution in [0.1, 0.15) is 30.8 Å². The van der Waals surface area contributed by atoms with E-state index in [1.165, 1.54) is 5.56 Å². The van der Waals surface area contributed by atoms with E-state index in [9.17, 15) is 4.79 Å². The predicted octanol–water partition coefficient (Wildman–Crippen LogP) is 2.30. The van der Waals surface area contributed by atoms with E-state index in [0.29, 0.717) is 6.54 Å². The number of aromatic nitrogens is 2. The highest BCUT2D eigenvalue weighted by atomic mass is 16.5. The molecule has 0 saturated carbocycles. The number of nitrogens with one attached hydrogen (secondary N) is 2. The molecule has 2 aromatic rings. The van der Waals surface area contributed by atoms with Crippen molar-refractivity contribution in [1.82, 2.24) is 25.1 Å². The summed E-state index contributed by atoms with van der Waals surface area (Å²) in [6.45, 7) is 9.10. The molecule has 0 radical (unpaired) electrons. The zero-order valence-corrected chi connectivity index (χ0v) is 15.9. The van der Waals surface area contributed by atoms with Crippen molar-refractivity contribution in [3.8, 4) is 0 Å². The Hall–Kier alpha value is -2.12. The van der Waals surface area contributed by atoms with Crippen molar-refractivity contribution in [3.63, 3.8) is 0 Å². The molecule has 1 atom stereocenters. The van der Waals surface area contributed by atoms with E-state index in [-0.39, 0.29) is 12.1 Å². The van der Waals surface area contributed by atoms with Crippen LogP contribution in [0, 0.1) is 6.92 Å². The van der Waals surface area contributed by atoms with Gasteiger partial charge in [0, 0.05) is 33.2 Å². The largest absolute Gasteiger partial charge is 0.379 e. The number of amides is 2. The number of fused-ring (bicyclic) bond motifs is 1. The summed E-state index contributed by atoms with van der Waals surface area (Å²) in [5.74, 6) is 0.808. The highest BCUT2D eigenvalue weighted by Crippen LogP contribution is 2.19. The van der Waals surface area contributed by atoms with Crippen molar-refractivity contribution in [2.45, 2.75) is 26.3 Å². The lowest BCUT2D eigenvalue weighted by molar-refractivity contribution is 0.0356. The van der Waals surface area contributed by atoms with Crippen molar-refractivity contribution in [2.24, 2.45) is 0 Å². The van der Waals surface area contributed by atoms with Gasteiger partial charge in [-0.2, -0.15) is 0 Å². The van der Waals surface area contributed by atoms with Crippen LogP contribution in [0.4, 0.5) is 4.79 Å². The van der Waals surface area contributed by atoms with Gasteiger partial charge in [0.15, 0.2) is 0 Å². The van der Waals surface area contributed by atoms with Gasteiger partial charge >= 0.3 is 6.03 Å². The van der Waals surface area contributed by atoms with Crippen LogP contribution in [0.15, 0.2) is 18.2 Å². The van der Waals surface area contributed by atoms with Crippen molar-refractivity contribution in [2.75, 3.05) is 46.4 Å². The number of morpholine rings is 1. The van der Waals surface area contributed by atoms with Gasteiger partial charge in [-0.15, -0.1) is 0 Å². The first-order valence-electron chi connectivity index (χ1n) is 9.35. The van der Waals surface area contributed by atoms with Crippen LogP contribution in [0.25, 0.3) is 11.0 Å². The Balaban J connectivity index is 1.57. The summed E-state index contributed by atoms with van der Waals surface area (Å²) in [6, 6.07) is 5.94. The quantitative estimate of drug-likeness (QED) is 0.830. The topological polar surface area (TPSA) is 73.5 Å². The SMILES string of the molecule is CCC(NC(=O)N(C)CCN1CCOCC1)c1nc2ccc(C)cc2[nH]1. The molecule has 2 N–H and O–H groups in total. The molecule has 142 valence electrons. The van der Waals surface area contributed by atoms with Crippen LogP contribution in [0.5, 0.6) is 0 Å². The number of ether oxygens (including phenoxy) is 1. The predicted molar refractivity (Wildman–Crippen MR) is 102 cm³/mol. The van der Waals surface area contributed by atoms with Gasteiger partial charge in [-0.3, -0.25) is 4.90 Å². The molecule has 1 aromatic carbocycles. The van der Waals surface area contributed by atoms with E-state index in [2.05, 4.69) is 40.1 Å². The van der Waals surface area contributed by atoms with Crippen LogP contribution < -0.4 is 5.32 Å². The molecular formula is C19H29N5O2. The fourth-order valence-corrected chi connectivity index (χ4v) is 3.15. The number of nitrogens with zero attached hydrogens (tertiary/aromatic N) is 3. The van der Waals surface area contributed by atoms with Gasteiger partial charge in [0.1, 0.15) is 5.82 Å². The third-order valence-corrected chi connectivity index (χ3v) is 4.89. The first kappa shape index (κ1) is 18.7. The number of H-pyrrole nitrogens is 1. The Kier molecular flexibility index (Phi) is 6.11. The van der Waals surface area contributed by atoms with Crippen LogP contribution in [-0.4, -0.2) is 72.2 Å². The average molecular weight is 359 g/mol. The Morgan fingerprint density at radius 1 is 1.42 bits per heavy atom. The number of aryl methyl sites for hydroxylation is 1. The molecule has 2 heterocycles. The summed E-state index contributed by atoms with van der Waals surface area (Å²) in [4.78, 5) is 24.6. The Bertz CT molecular complexity index is 739. The van der Waals surface area contributed by atoms with Gasteiger partial charge in [0.2, 0.25) is 0 Å². The summed E-state index contributed by atoms with van der Waals surface area (Å²) in [6.07, 6.45) is 0.780. The highest BCUT2D eigenvalue weighted by molar-refractivity contribution is 5.77.